The van der Waals surface area contributed by atoms with Gasteiger partial charge in [-0.3, -0.25) is 0 Å². The van der Waals surface area contributed by atoms with Crippen LogP contribution in [-0.4, -0.2) is 19.0 Å². The summed E-state index contributed by atoms with van der Waals surface area (Å²) < 4.78 is 50.8. The van der Waals surface area contributed by atoms with Crippen LogP contribution in [0.3, 0.4) is 0 Å². The van der Waals surface area contributed by atoms with E-state index in [4.69, 9.17) is 0 Å². The second-order valence-electron chi connectivity index (χ2n) is 3.44. The lowest BCUT2D eigenvalue weighted by molar-refractivity contribution is 0.0987. The van der Waals surface area contributed by atoms with E-state index >= 15 is 0 Å². The zero-order valence-corrected chi connectivity index (χ0v) is 8.81. The highest BCUT2D eigenvalue weighted by Gasteiger charge is 2.20. The fraction of sp³-hybridized carbons (Fsp3) is 0.455. The van der Waals surface area contributed by atoms with Gasteiger partial charge in [0.15, 0.2) is 0 Å². The third-order valence-corrected chi connectivity index (χ3v) is 2.23. The average molecular weight is 235 g/mol. The van der Waals surface area contributed by atoms with Crippen LogP contribution in [0.2, 0.25) is 0 Å². The van der Waals surface area contributed by atoms with Gasteiger partial charge in [0.1, 0.15) is 11.6 Å². The number of benzene rings is 1. The minimum absolute atomic E-state index is 0.0904. The van der Waals surface area contributed by atoms with Crippen molar-refractivity contribution in [3.8, 4) is 0 Å². The van der Waals surface area contributed by atoms with Crippen molar-refractivity contribution in [2.45, 2.75) is 25.8 Å². The van der Waals surface area contributed by atoms with Gasteiger partial charge in [-0.05, 0) is 24.6 Å². The number of hydrogen-bond donors (Lipinski definition) is 1. The normalized spacial score (nSPS) is 13.1. The van der Waals surface area contributed by atoms with Gasteiger partial charge in [0.25, 0.3) is 6.43 Å². The smallest absolute Gasteiger partial charge is 0.254 e. The monoisotopic (exact) mass is 235 g/mol. The Morgan fingerprint density at radius 2 is 1.94 bits per heavy atom. The summed E-state index contributed by atoms with van der Waals surface area (Å²) in [5.41, 5.74) is 0.0904. The summed E-state index contributed by atoms with van der Waals surface area (Å²) in [5, 5.41) is 2.56. The number of hydrogen-bond acceptors (Lipinski definition) is 1. The summed E-state index contributed by atoms with van der Waals surface area (Å²) >= 11 is 0. The SMILES string of the molecule is CCNC(Cc1ccc(F)cc1F)C(F)F. The molecule has 90 valence electrons. The second-order valence-corrected chi connectivity index (χ2v) is 3.44. The van der Waals surface area contributed by atoms with E-state index in [1.54, 1.807) is 6.92 Å². The van der Waals surface area contributed by atoms with Gasteiger partial charge in [-0.1, -0.05) is 13.0 Å². The minimum Gasteiger partial charge on any atom is -0.309 e. The van der Waals surface area contributed by atoms with Crippen molar-refractivity contribution in [2.75, 3.05) is 6.54 Å². The van der Waals surface area contributed by atoms with Crippen molar-refractivity contribution in [3.05, 3.63) is 35.4 Å². The maximum absolute atomic E-state index is 13.2. The van der Waals surface area contributed by atoms with E-state index in [9.17, 15) is 17.6 Å². The summed E-state index contributed by atoms with van der Waals surface area (Å²) in [7, 11) is 0. The molecule has 0 heterocycles. The molecule has 0 spiro atoms. The van der Waals surface area contributed by atoms with Crippen LogP contribution >= 0.6 is 0 Å². The standard InChI is InChI=1S/C11H13F4N/c1-2-16-10(11(14)15)5-7-3-4-8(12)6-9(7)13/h3-4,6,10-11,16H,2,5H2,1H3. The van der Waals surface area contributed by atoms with Crippen LogP contribution in [-0.2, 0) is 6.42 Å². The summed E-state index contributed by atoms with van der Waals surface area (Å²) in [6.07, 6.45) is -2.73. The Kier molecular flexibility index (Phi) is 4.73. The van der Waals surface area contributed by atoms with Crippen molar-refractivity contribution in [1.29, 1.82) is 0 Å². The van der Waals surface area contributed by atoms with E-state index in [0.29, 0.717) is 12.6 Å². The second kappa shape index (κ2) is 5.84. The van der Waals surface area contributed by atoms with Crippen LogP contribution in [0.4, 0.5) is 17.6 Å². The molecule has 1 unspecified atom stereocenters. The molecule has 1 N–H and O–H groups in total. The molecule has 0 aliphatic rings. The van der Waals surface area contributed by atoms with E-state index in [2.05, 4.69) is 5.32 Å². The molecular formula is C11H13F4N. The van der Waals surface area contributed by atoms with Crippen molar-refractivity contribution in [3.63, 3.8) is 0 Å². The molecule has 0 radical (unpaired) electrons. The Bertz CT molecular complexity index is 341. The topological polar surface area (TPSA) is 12.0 Å². The summed E-state index contributed by atoms with van der Waals surface area (Å²) in [6.45, 7) is 2.06. The molecule has 0 aromatic heterocycles. The number of alkyl halides is 2. The number of halogens is 4. The lowest BCUT2D eigenvalue weighted by Crippen LogP contribution is -2.37. The highest BCUT2D eigenvalue weighted by atomic mass is 19.3. The Hall–Kier alpha value is -1.10. The molecule has 0 saturated carbocycles. The van der Waals surface area contributed by atoms with Gasteiger partial charge in [-0.25, -0.2) is 17.6 Å². The predicted molar refractivity (Wildman–Crippen MR) is 53.5 cm³/mol. The first-order valence-corrected chi connectivity index (χ1v) is 5.00. The van der Waals surface area contributed by atoms with Gasteiger partial charge in [0.05, 0.1) is 6.04 Å². The highest BCUT2D eigenvalue weighted by Crippen LogP contribution is 2.14. The summed E-state index contributed by atoms with van der Waals surface area (Å²) in [4.78, 5) is 0. The lowest BCUT2D eigenvalue weighted by Gasteiger charge is -2.17. The quantitative estimate of drug-likeness (QED) is 0.774. The third-order valence-electron chi connectivity index (χ3n) is 2.23. The van der Waals surface area contributed by atoms with E-state index in [0.717, 1.165) is 6.07 Å². The third kappa shape index (κ3) is 3.48. The van der Waals surface area contributed by atoms with E-state index in [1.807, 2.05) is 0 Å². The molecule has 0 amide bonds. The average Bonchev–Trinajstić information content (AvgIpc) is 2.20. The van der Waals surface area contributed by atoms with Crippen LogP contribution < -0.4 is 5.32 Å². The molecule has 1 aromatic rings. The Labute approximate surface area is 91.5 Å². The number of likely N-dealkylation sites (N-methyl/N-ethyl adjacent to an activating group) is 1. The molecule has 0 bridgehead atoms. The molecule has 0 aliphatic carbocycles. The van der Waals surface area contributed by atoms with Crippen molar-refractivity contribution in [2.24, 2.45) is 0 Å². The van der Waals surface area contributed by atoms with Crippen molar-refractivity contribution < 1.29 is 17.6 Å². The Balaban J connectivity index is 2.77. The van der Waals surface area contributed by atoms with E-state index in [-0.39, 0.29) is 12.0 Å². The van der Waals surface area contributed by atoms with Gasteiger partial charge in [-0.15, -0.1) is 0 Å². The maximum atomic E-state index is 13.2. The molecule has 1 atom stereocenters. The molecule has 0 saturated heterocycles. The van der Waals surface area contributed by atoms with Gasteiger partial charge in [0, 0.05) is 6.07 Å². The zero-order chi connectivity index (χ0) is 12.1. The van der Waals surface area contributed by atoms with E-state index in [1.165, 1.54) is 6.07 Å². The largest absolute Gasteiger partial charge is 0.309 e. The molecule has 1 aromatic carbocycles. The van der Waals surface area contributed by atoms with Crippen molar-refractivity contribution >= 4 is 0 Å². The maximum Gasteiger partial charge on any atom is 0.254 e. The van der Waals surface area contributed by atoms with Gasteiger partial charge >= 0.3 is 0 Å². The number of rotatable bonds is 5. The molecule has 0 aliphatic heterocycles. The summed E-state index contributed by atoms with van der Waals surface area (Å²) in [6, 6.07) is 1.85. The fourth-order valence-electron chi connectivity index (χ4n) is 1.44. The van der Waals surface area contributed by atoms with Gasteiger partial charge in [0.2, 0.25) is 0 Å². The first-order chi connectivity index (χ1) is 7.54. The van der Waals surface area contributed by atoms with Crippen LogP contribution in [0, 0.1) is 11.6 Å². The molecule has 16 heavy (non-hydrogen) atoms. The summed E-state index contributed by atoms with van der Waals surface area (Å²) in [5.74, 6) is -1.50. The molecule has 0 fully saturated rings. The molecule has 1 nitrogen and oxygen atoms in total. The van der Waals surface area contributed by atoms with Gasteiger partial charge < -0.3 is 5.32 Å². The fourth-order valence-corrected chi connectivity index (χ4v) is 1.44. The van der Waals surface area contributed by atoms with E-state index < -0.39 is 24.1 Å². The first kappa shape index (κ1) is 13.0. The molecule has 5 heteroatoms. The van der Waals surface area contributed by atoms with Crippen LogP contribution in [0.1, 0.15) is 12.5 Å². The molecular weight excluding hydrogens is 222 g/mol. The van der Waals surface area contributed by atoms with Crippen molar-refractivity contribution in [1.82, 2.24) is 5.32 Å². The Morgan fingerprint density at radius 3 is 2.44 bits per heavy atom. The van der Waals surface area contributed by atoms with Crippen LogP contribution in [0.15, 0.2) is 18.2 Å². The minimum atomic E-state index is -2.58. The van der Waals surface area contributed by atoms with Gasteiger partial charge in [-0.2, -0.15) is 0 Å². The first-order valence-electron chi connectivity index (χ1n) is 5.00. The Morgan fingerprint density at radius 1 is 1.25 bits per heavy atom. The zero-order valence-electron chi connectivity index (χ0n) is 8.81. The van der Waals surface area contributed by atoms with Crippen LogP contribution in [0.5, 0.6) is 0 Å². The number of nitrogens with one attached hydrogen (secondary N) is 1. The molecule has 1 rings (SSSR count). The van der Waals surface area contributed by atoms with Crippen LogP contribution in [0.25, 0.3) is 0 Å². The highest BCUT2D eigenvalue weighted by molar-refractivity contribution is 5.19. The predicted octanol–water partition coefficient (Wildman–Crippen LogP) is 2.75. The lowest BCUT2D eigenvalue weighted by atomic mass is 10.1.